The standard InChI is InChI=1S/C15H16ClN3O/c16-13-4-2-1-3-12(13)14-5-8-17-15(18-14)19-9-6-11(20)7-10-19/h1-5,8,11,20H,6-7,9-10H2. The molecule has 20 heavy (non-hydrogen) atoms. The fourth-order valence-electron chi connectivity index (χ4n) is 2.39. The summed E-state index contributed by atoms with van der Waals surface area (Å²) in [6, 6.07) is 9.52. The first-order chi connectivity index (χ1) is 9.74. The fraction of sp³-hybridized carbons (Fsp3) is 0.333. The average molecular weight is 290 g/mol. The molecule has 0 aliphatic carbocycles. The molecule has 4 nitrogen and oxygen atoms in total. The zero-order valence-electron chi connectivity index (χ0n) is 11.0. The number of benzene rings is 1. The second kappa shape index (κ2) is 5.77. The van der Waals surface area contributed by atoms with Crippen LogP contribution in [0.15, 0.2) is 36.5 Å². The number of hydrogen-bond donors (Lipinski definition) is 1. The first-order valence-corrected chi connectivity index (χ1v) is 7.13. The normalized spacial score (nSPS) is 16.4. The fourth-order valence-corrected chi connectivity index (χ4v) is 2.62. The summed E-state index contributed by atoms with van der Waals surface area (Å²) in [7, 11) is 0. The Hall–Kier alpha value is -1.65. The summed E-state index contributed by atoms with van der Waals surface area (Å²) in [6.45, 7) is 1.57. The van der Waals surface area contributed by atoms with Gasteiger partial charge in [-0.05, 0) is 25.0 Å². The summed E-state index contributed by atoms with van der Waals surface area (Å²) in [4.78, 5) is 11.0. The van der Waals surface area contributed by atoms with Gasteiger partial charge in [0.2, 0.25) is 5.95 Å². The number of rotatable bonds is 2. The predicted octanol–water partition coefficient (Wildman–Crippen LogP) is 2.76. The van der Waals surface area contributed by atoms with E-state index in [0.29, 0.717) is 11.0 Å². The van der Waals surface area contributed by atoms with Gasteiger partial charge in [0.05, 0.1) is 11.8 Å². The van der Waals surface area contributed by atoms with Gasteiger partial charge in [-0.3, -0.25) is 0 Å². The first kappa shape index (κ1) is 13.3. The van der Waals surface area contributed by atoms with Gasteiger partial charge in [-0.15, -0.1) is 0 Å². The van der Waals surface area contributed by atoms with Crippen LogP contribution in [-0.4, -0.2) is 34.3 Å². The molecule has 5 heteroatoms. The van der Waals surface area contributed by atoms with Crippen molar-refractivity contribution in [1.29, 1.82) is 0 Å². The highest BCUT2D eigenvalue weighted by molar-refractivity contribution is 6.33. The molecule has 1 aliphatic rings. The van der Waals surface area contributed by atoms with Crippen LogP contribution >= 0.6 is 11.6 Å². The lowest BCUT2D eigenvalue weighted by Crippen LogP contribution is -2.36. The van der Waals surface area contributed by atoms with Gasteiger partial charge in [0.1, 0.15) is 0 Å². The number of anilines is 1. The Morgan fingerprint density at radius 3 is 2.65 bits per heavy atom. The third kappa shape index (κ3) is 2.76. The minimum atomic E-state index is -0.196. The van der Waals surface area contributed by atoms with Gasteiger partial charge >= 0.3 is 0 Å². The van der Waals surface area contributed by atoms with Gasteiger partial charge in [0.25, 0.3) is 0 Å². The molecule has 0 amide bonds. The van der Waals surface area contributed by atoms with Crippen molar-refractivity contribution in [1.82, 2.24) is 9.97 Å². The lowest BCUT2D eigenvalue weighted by Gasteiger charge is -2.29. The van der Waals surface area contributed by atoms with Crippen molar-refractivity contribution in [3.8, 4) is 11.3 Å². The van der Waals surface area contributed by atoms with Crippen LogP contribution in [0, 0.1) is 0 Å². The quantitative estimate of drug-likeness (QED) is 0.923. The summed E-state index contributed by atoms with van der Waals surface area (Å²) < 4.78 is 0. The van der Waals surface area contributed by atoms with Crippen molar-refractivity contribution in [2.24, 2.45) is 0 Å². The Labute approximate surface area is 123 Å². The molecule has 3 rings (SSSR count). The van der Waals surface area contributed by atoms with Crippen molar-refractivity contribution in [3.05, 3.63) is 41.6 Å². The summed E-state index contributed by atoms with van der Waals surface area (Å²) in [5.41, 5.74) is 1.74. The average Bonchev–Trinajstić information content (AvgIpc) is 2.49. The van der Waals surface area contributed by atoms with Crippen LogP contribution in [0.2, 0.25) is 5.02 Å². The molecule has 0 bridgehead atoms. The molecule has 1 aromatic heterocycles. The Kier molecular flexibility index (Phi) is 3.85. The van der Waals surface area contributed by atoms with Gasteiger partial charge < -0.3 is 10.0 Å². The third-order valence-electron chi connectivity index (χ3n) is 3.54. The summed E-state index contributed by atoms with van der Waals surface area (Å²) >= 11 is 6.21. The number of hydrogen-bond acceptors (Lipinski definition) is 4. The number of aliphatic hydroxyl groups excluding tert-OH is 1. The molecule has 0 unspecified atom stereocenters. The van der Waals surface area contributed by atoms with E-state index in [0.717, 1.165) is 37.2 Å². The highest BCUT2D eigenvalue weighted by atomic mass is 35.5. The largest absolute Gasteiger partial charge is 0.393 e. The van der Waals surface area contributed by atoms with Crippen molar-refractivity contribution in [3.63, 3.8) is 0 Å². The minimum Gasteiger partial charge on any atom is -0.393 e. The smallest absolute Gasteiger partial charge is 0.225 e. The van der Waals surface area contributed by atoms with Crippen LogP contribution in [0.4, 0.5) is 5.95 Å². The number of nitrogens with zero attached hydrogens (tertiary/aromatic N) is 3. The third-order valence-corrected chi connectivity index (χ3v) is 3.87. The van der Waals surface area contributed by atoms with E-state index in [2.05, 4.69) is 14.9 Å². The predicted molar refractivity (Wildman–Crippen MR) is 79.9 cm³/mol. The van der Waals surface area contributed by atoms with E-state index in [1.54, 1.807) is 6.20 Å². The van der Waals surface area contributed by atoms with E-state index in [-0.39, 0.29) is 6.10 Å². The van der Waals surface area contributed by atoms with E-state index >= 15 is 0 Å². The second-order valence-corrected chi connectivity index (χ2v) is 5.35. The zero-order chi connectivity index (χ0) is 13.9. The Morgan fingerprint density at radius 1 is 1.15 bits per heavy atom. The molecule has 0 saturated carbocycles. The van der Waals surface area contributed by atoms with Crippen LogP contribution in [-0.2, 0) is 0 Å². The molecule has 1 aromatic carbocycles. The lowest BCUT2D eigenvalue weighted by atomic mass is 10.1. The maximum absolute atomic E-state index is 9.56. The molecule has 0 atom stereocenters. The Balaban J connectivity index is 1.88. The molecule has 1 fully saturated rings. The highest BCUT2D eigenvalue weighted by Crippen LogP contribution is 2.27. The van der Waals surface area contributed by atoms with Crippen LogP contribution in [0.1, 0.15) is 12.8 Å². The minimum absolute atomic E-state index is 0.196. The molecule has 0 radical (unpaired) electrons. The van der Waals surface area contributed by atoms with Gasteiger partial charge in [0, 0.05) is 29.9 Å². The maximum Gasteiger partial charge on any atom is 0.225 e. The Morgan fingerprint density at radius 2 is 1.90 bits per heavy atom. The molecule has 0 spiro atoms. The van der Waals surface area contributed by atoms with E-state index in [1.807, 2.05) is 30.3 Å². The number of piperidine rings is 1. The summed E-state index contributed by atoms with van der Waals surface area (Å²) in [6.07, 6.45) is 3.09. The second-order valence-electron chi connectivity index (χ2n) is 4.94. The van der Waals surface area contributed by atoms with Gasteiger partial charge in [-0.1, -0.05) is 29.8 Å². The van der Waals surface area contributed by atoms with Crippen molar-refractivity contribution in [2.45, 2.75) is 18.9 Å². The number of halogens is 1. The van der Waals surface area contributed by atoms with Crippen LogP contribution in [0.25, 0.3) is 11.3 Å². The summed E-state index contributed by atoms with van der Waals surface area (Å²) in [5, 5.41) is 10.2. The van der Waals surface area contributed by atoms with E-state index in [9.17, 15) is 5.11 Å². The number of aliphatic hydroxyl groups is 1. The Bertz CT molecular complexity index is 597. The molecular formula is C15H16ClN3O. The van der Waals surface area contributed by atoms with Gasteiger partial charge in [-0.25, -0.2) is 9.97 Å². The summed E-state index contributed by atoms with van der Waals surface area (Å²) in [5.74, 6) is 0.703. The molecule has 1 N–H and O–H groups in total. The van der Waals surface area contributed by atoms with E-state index in [1.165, 1.54) is 0 Å². The molecule has 1 saturated heterocycles. The monoisotopic (exact) mass is 289 g/mol. The van der Waals surface area contributed by atoms with Gasteiger partial charge in [-0.2, -0.15) is 0 Å². The molecule has 104 valence electrons. The van der Waals surface area contributed by atoms with Gasteiger partial charge in [0.15, 0.2) is 0 Å². The SMILES string of the molecule is OC1CCN(c2nccc(-c3ccccc3Cl)n2)CC1. The van der Waals surface area contributed by atoms with E-state index in [4.69, 9.17) is 11.6 Å². The molecular weight excluding hydrogens is 274 g/mol. The van der Waals surface area contributed by atoms with Crippen LogP contribution in [0.5, 0.6) is 0 Å². The van der Waals surface area contributed by atoms with Crippen LogP contribution in [0.3, 0.4) is 0 Å². The van der Waals surface area contributed by atoms with E-state index < -0.39 is 0 Å². The maximum atomic E-state index is 9.56. The molecule has 1 aliphatic heterocycles. The molecule has 2 aromatic rings. The van der Waals surface area contributed by atoms with Crippen molar-refractivity contribution >= 4 is 17.5 Å². The van der Waals surface area contributed by atoms with Crippen molar-refractivity contribution < 1.29 is 5.11 Å². The molecule has 2 heterocycles. The topological polar surface area (TPSA) is 49.2 Å². The first-order valence-electron chi connectivity index (χ1n) is 6.75. The van der Waals surface area contributed by atoms with Crippen molar-refractivity contribution in [2.75, 3.05) is 18.0 Å². The lowest BCUT2D eigenvalue weighted by molar-refractivity contribution is 0.145. The zero-order valence-corrected chi connectivity index (χ0v) is 11.8. The van der Waals surface area contributed by atoms with Crippen LogP contribution < -0.4 is 4.90 Å². The highest BCUT2D eigenvalue weighted by Gasteiger charge is 2.19. The number of aromatic nitrogens is 2.